The first-order valence-electron chi connectivity index (χ1n) is 6.60. The molecule has 0 spiro atoms. The van der Waals surface area contributed by atoms with E-state index in [-0.39, 0.29) is 0 Å². The molecule has 18 heavy (non-hydrogen) atoms. The van der Waals surface area contributed by atoms with Crippen LogP contribution >= 0.6 is 15.9 Å². The lowest BCUT2D eigenvalue weighted by Gasteiger charge is -2.15. The van der Waals surface area contributed by atoms with Gasteiger partial charge in [0, 0.05) is 17.1 Å². The first-order valence-corrected chi connectivity index (χ1v) is 7.39. The quantitative estimate of drug-likeness (QED) is 0.824. The molecule has 0 fully saturated rings. The second-order valence-corrected chi connectivity index (χ2v) is 6.27. The number of benzene rings is 1. The van der Waals surface area contributed by atoms with Crippen molar-refractivity contribution in [1.29, 1.82) is 0 Å². The topological polar surface area (TPSA) is 12.0 Å². The van der Waals surface area contributed by atoms with E-state index >= 15 is 0 Å². The molecule has 0 aliphatic carbocycles. The molecule has 2 heteroatoms. The monoisotopic (exact) mass is 309 g/mol. The Kier molecular flexibility index (Phi) is 6.10. The highest BCUT2D eigenvalue weighted by atomic mass is 79.9. The van der Waals surface area contributed by atoms with Crippen molar-refractivity contribution in [3.05, 3.63) is 39.4 Å². The van der Waals surface area contributed by atoms with E-state index in [1.54, 1.807) is 0 Å². The minimum atomic E-state index is 0.527. The van der Waals surface area contributed by atoms with E-state index in [2.05, 4.69) is 80.1 Å². The maximum atomic E-state index is 3.54. The van der Waals surface area contributed by atoms with Crippen LogP contribution in [0.1, 0.15) is 38.8 Å². The Bertz CT molecular complexity index is 419. The van der Waals surface area contributed by atoms with Crippen molar-refractivity contribution in [2.75, 3.05) is 6.54 Å². The number of nitrogens with one attached hydrogen (secondary N) is 1. The first kappa shape index (κ1) is 15.5. The van der Waals surface area contributed by atoms with Gasteiger partial charge in [0.15, 0.2) is 0 Å². The van der Waals surface area contributed by atoms with Crippen molar-refractivity contribution in [2.24, 2.45) is 5.92 Å². The van der Waals surface area contributed by atoms with E-state index in [0.717, 1.165) is 6.54 Å². The van der Waals surface area contributed by atoms with Crippen LogP contribution < -0.4 is 5.32 Å². The third-order valence-corrected chi connectivity index (χ3v) is 3.88. The Hall–Kier alpha value is -0.600. The fraction of sp³-hybridized carbons (Fsp3) is 0.500. The molecule has 1 N–H and O–H groups in total. The molecule has 0 aliphatic heterocycles. The van der Waals surface area contributed by atoms with Gasteiger partial charge in [-0.05, 0) is 30.0 Å². The van der Waals surface area contributed by atoms with Crippen molar-refractivity contribution in [1.82, 2.24) is 5.32 Å². The summed E-state index contributed by atoms with van der Waals surface area (Å²) in [6.07, 6.45) is 2.31. The minimum absolute atomic E-state index is 0.527. The lowest BCUT2D eigenvalue weighted by Crippen LogP contribution is -2.26. The summed E-state index contributed by atoms with van der Waals surface area (Å²) in [5.74, 6) is 0.570. The van der Waals surface area contributed by atoms with E-state index < -0.39 is 0 Å². The predicted octanol–water partition coefficient (Wildman–Crippen LogP) is 4.79. The van der Waals surface area contributed by atoms with Crippen molar-refractivity contribution in [3.63, 3.8) is 0 Å². The number of aryl methyl sites for hydroxylation is 1. The second-order valence-electron chi connectivity index (χ2n) is 5.42. The summed E-state index contributed by atoms with van der Waals surface area (Å²) in [6, 6.07) is 7.03. The van der Waals surface area contributed by atoms with Crippen LogP contribution in [0.3, 0.4) is 0 Å². The van der Waals surface area contributed by atoms with Gasteiger partial charge < -0.3 is 5.32 Å². The summed E-state index contributed by atoms with van der Waals surface area (Å²) >= 11 is 3.54. The Morgan fingerprint density at radius 2 is 1.94 bits per heavy atom. The van der Waals surface area contributed by atoms with Crippen LogP contribution in [-0.4, -0.2) is 12.6 Å². The largest absolute Gasteiger partial charge is 0.311 e. The molecule has 0 heterocycles. The first-order chi connectivity index (χ1) is 8.40. The molecule has 0 aromatic heterocycles. The summed E-state index contributed by atoms with van der Waals surface area (Å²) in [6.45, 7) is 12.0. The number of hydrogen-bond donors (Lipinski definition) is 1. The van der Waals surface area contributed by atoms with Crippen molar-refractivity contribution in [2.45, 2.75) is 40.7 Å². The molecule has 0 unspecified atom stereocenters. The fourth-order valence-electron chi connectivity index (χ4n) is 1.72. The van der Waals surface area contributed by atoms with E-state index in [9.17, 15) is 0 Å². The zero-order valence-corrected chi connectivity index (χ0v) is 13.6. The molecule has 100 valence electrons. The predicted molar refractivity (Wildman–Crippen MR) is 84.8 cm³/mol. The number of rotatable bonds is 5. The normalized spacial score (nSPS) is 12.6. The molecule has 0 amide bonds. The molecule has 0 radical (unpaired) electrons. The van der Waals surface area contributed by atoms with E-state index in [4.69, 9.17) is 0 Å². The SMILES string of the molecule is Cc1cc(C=C(CNC(C)C)C(C)C)ccc1Br. The molecule has 0 bridgehead atoms. The highest BCUT2D eigenvalue weighted by Gasteiger charge is 2.05. The second kappa shape index (κ2) is 7.10. The molecule has 0 saturated carbocycles. The summed E-state index contributed by atoms with van der Waals surface area (Å²) in [5.41, 5.74) is 4.01. The summed E-state index contributed by atoms with van der Waals surface area (Å²) < 4.78 is 1.17. The third kappa shape index (κ3) is 4.95. The van der Waals surface area contributed by atoms with Gasteiger partial charge in [-0.15, -0.1) is 0 Å². The average molecular weight is 310 g/mol. The maximum Gasteiger partial charge on any atom is 0.0204 e. The standard InChI is InChI=1S/C16H24BrN/c1-11(2)15(10-18-12(3)4)9-14-6-7-16(17)13(5)8-14/h6-9,11-12,18H,10H2,1-5H3. The van der Waals surface area contributed by atoms with Gasteiger partial charge in [0.05, 0.1) is 0 Å². The lowest BCUT2D eigenvalue weighted by molar-refractivity contribution is 0.593. The Balaban J connectivity index is 2.89. The summed E-state index contributed by atoms with van der Waals surface area (Å²) in [7, 11) is 0. The lowest BCUT2D eigenvalue weighted by atomic mass is 9.99. The Morgan fingerprint density at radius 3 is 2.44 bits per heavy atom. The van der Waals surface area contributed by atoms with Crippen molar-refractivity contribution < 1.29 is 0 Å². The zero-order valence-electron chi connectivity index (χ0n) is 12.0. The number of halogens is 1. The third-order valence-electron chi connectivity index (χ3n) is 2.99. The van der Waals surface area contributed by atoms with Crippen LogP contribution in [0.4, 0.5) is 0 Å². The minimum Gasteiger partial charge on any atom is -0.311 e. The zero-order chi connectivity index (χ0) is 13.7. The van der Waals surface area contributed by atoms with Gasteiger partial charge >= 0.3 is 0 Å². The number of hydrogen-bond acceptors (Lipinski definition) is 1. The molecular weight excluding hydrogens is 286 g/mol. The van der Waals surface area contributed by atoms with Crippen molar-refractivity contribution >= 4 is 22.0 Å². The van der Waals surface area contributed by atoms with E-state index in [1.807, 2.05) is 0 Å². The van der Waals surface area contributed by atoms with E-state index in [0.29, 0.717) is 12.0 Å². The van der Waals surface area contributed by atoms with Gasteiger partial charge in [-0.3, -0.25) is 0 Å². The molecular formula is C16H24BrN. The molecule has 0 atom stereocenters. The Labute approximate surface area is 120 Å². The van der Waals surface area contributed by atoms with Gasteiger partial charge in [-0.25, -0.2) is 0 Å². The van der Waals surface area contributed by atoms with Crippen LogP contribution in [-0.2, 0) is 0 Å². The average Bonchev–Trinajstić information content (AvgIpc) is 2.28. The van der Waals surface area contributed by atoms with Crippen LogP contribution in [0.15, 0.2) is 28.2 Å². The van der Waals surface area contributed by atoms with Gasteiger partial charge in [0.25, 0.3) is 0 Å². The van der Waals surface area contributed by atoms with Crippen LogP contribution in [0.5, 0.6) is 0 Å². The molecule has 1 aromatic carbocycles. The van der Waals surface area contributed by atoms with Gasteiger partial charge in [0.1, 0.15) is 0 Å². The smallest absolute Gasteiger partial charge is 0.0204 e. The maximum absolute atomic E-state index is 3.54. The van der Waals surface area contributed by atoms with Gasteiger partial charge in [-0.1, -0.05) is 67.4 Å². The summed E-state index contributed by atoms with van der Waals surface area (Å²) in [5, 5.41) is 3.50. The molecule has 1 rings (SSSR count). The van der Waals surface area contributed by atoms with Crippen LogP contribution in [0, 0.1) is 12.8 Å². The fourth-order valence-corrected chi connectivity index (χ4v) is 1.96. The molecule has 0 saturated heterocycles. The van der Waals surface area contributed by atoms with Crippen molar-refractivity contribution in [3.8, 4) is 0 Å². The van der Waals surface area contributed by atoms with Gasteiger partial charge in [0.2, 0.25) is 0 Å². The molecule has 1 nitrogen and oxygen atoms in total. The highest BCUT2D eigenvalue weighted by molar-refractivity contribution is 9.10. The van der Waals surface area contributed by atoms with Crippen LogP contribution in [0.2, 0.25) is 0 Å². The molecule has 0 aliphatic rings. The van der Waals surface area contributed by atoms with Gasteiger partial charge in [-0.2, -0.15) is 0 Å². The Morgan fingerprint density at radius 1 is 1.28 bits per heavy atom. The highest BCUT2D eigenvalue weighted by Crippen LogP contribution is 2.20. The molecule has 1 aromatic rings. The van der Waals surface area contributed by atoms with E-state index in [1.165, 1.54) is 21.2 Å². The summed E-state index contributed by atoms with van der Waals surface area (Å²) in [4.78, 5) is 0. The van der Waals surface area contributed by atoms with Crippen LogP contribution in [0.25, 0.3) is 6.08 Å².